The third kappa shape index (κ3) is 5.17. The number of rotatable bonds is 5. The van der Waals surface area contributed by atoms with Gasteiger partial charge in [0.25, 0.3) is 5.91 Å². The van der Waals surface area contributed by atoms with E-state index in [0.717, 1.165) is 11.3 Å². The van der Waals surface area contributed by atoms with E-state index in [0.29, 0.717) is 30.4 Å². The molecule has 190 valence electrons. The minimum Gasteiger partial charge on any atom is -0.464 e. The molecule has 4 N–H and O–H groups in total. The molecule has 10 nitrogen and oxygen atoms in total. The maximum atomic E-state index is 14.6. The van der Waals surface area contributed by atoms with Gasteiger partial charge in [-0.05, 0) is 42.2 Å². The first kappa shape index (κ1) is 24.4. The molecular formula is C25H22ClFN6O4. The Balaban J connectivity index is 1.27. The van der Waals surface area contributed by atoms with Crippen LogP contribution < -0.4 is 21.5 Å². The van der Waals surface area contributed by atoms with Crippen LogP contribution >= 0.6 is 11.6 Å². The van der Waals surface area contributed by atoms with E-state index in [2.05, 4.69) is 31.5 Å². The lowest BCUT2D eigenvalue weighted by atomic mass is 9.96. The maximum absolute atomic E-state index is 14.6. The van der Waals surface area contributed by atoms with Gasteiger partial charge in [-0.25, -0.2) is 19.0 Å². The number of carbonyl (C=O) groups is 3. The van der Waals surface area contributed by atoms with Crippen LogP contribution in [0.1, 0.15) is 45.2 Å². The molecule has 3 heterocycles. The number of fused-ring (bicyclic) bond motifs is 2. The number of anilines is 1. The minimum atomic E-state index is -0.711. The highest BCUT2D eigenvalue weighted by atomic mass is 35.5. The number of amides is 3. The molecule has 5 rings (SSSR count). The predicted molar refractivity (Wildman–Crippen MR) is 131 cm³/mol. The molecule has 0 saturated carbocycles. The smallest absolute Gasteiger partial charge is 0.334 e. The average Bonchev–Trinajstić information content (AvgIpc) is 3.22. The first-order chi connectivity index (χ1) is 17.9. The Bertz CT molecular complexity index is 1390. The number of halogens is 2. The van der Waals surface area contributed by atoms with E-state index in [-0.39, 0.29) is 28.8 Å². The number of nitrogens with zero attached hydrogens (tertiary/aromatic N) is 2. The molecule has 1 aliphatic carbocycles. The van der Waals surface area contributed by atoms with E-state index < -0.39 is 30.0 Å². The Morgan fingerprint density at radius 2 is 1.92 bits per heavy atom. The molecule has 1 aromatic carbocycles. The number of ether oxygens (including phenoxy) is 1. The molecule has 37 heavy (non-hydrogen) atoms. The topological polar surface area (TPSA) is 134 Å². The van der Waals surface area contributed by atoms with Gasteiger partial charge in [-0.1, -0.05) is 29.8 Å². The maximum Gasteiger partial charge on any atom is 0.334 e. The second-order valence-electron chi connectivity index (χ2n) is 8.54. The normalized spacial score (nSPS) is 18.1. The van der Waals surface area contributed by atoms with Crippen LogP contribution in [-0.2, 0) is 22.4 Å². The van der Waals surface area contributed by atoms with Crippen molar-refractivity contribution in [3.05, 3.63) is 87.6 Å². The van der Waals surface area contributed by atoms with Gasteiger partial charge in [0.1, 0.15) is 11.9 Å². The lowest BCUT2D eigenvalue weighted by molar-refractivity contribution is -0.139. The molecule has 3 amide bonds. The fraction of sp³-hybridized carbons (Fsp3) is 0.240. The number of urea groups is 1. The molecular weight excluding hydrogens is 503 g/mol. The summed E-state index contributed by atoms with van der Waals surface area (Å²) in [6.45, 7) is 0.253. The summed E-state index contributed by atoms with van der Waals surface area (Å²) in [5, 5.41) is 5.50. The van der Waals surface area contributed by atoms with Gasteiger partial charge in [0.05, 0.1) is 23.2 Å². The van der Waals surface area contributed by atoms with E-state index in [1.165, 1.54) is 18.3 Å². The van der Waals surface area contributed by atoms with Crippen LogP contribution in [-0.4, -0.2) is 40.5 Å². The third-order valence-corrected chi connectivity index (χ3v) is 6.52. The molecule has 1 unspecified atom stereocenters. The second-order valence-corrected chi connectivity index (χ2v) is 8.95. The van der Waals surface area contributed by atoms with E-state index >= 15 is 0 Å². The SMILES string of the molecule is O=C(NNc1ncc(C(=O)N[C@@H]2CCOC2=O)cc1Cl)NC1c2cccnc2CCc2c(F)cccc21. The van der Waals surface area contributed by atoms with Crippen molar-refractivity contribution in [1.82, 2.24) is 26.0 Å². The van der Waals surface area contributed by atoms with E-state index in [1.807, 2.05) is 6.07 Å². The molecule has 1 fully saturated rings. The predicted octanol–water partition coefficient (Wildman–Crippen LogP) is 2.83. The van der Waals surface area contributed by atoms with Crippen LogP contribution in [0.3, 0.4) is 0 Å². The largest absolute Gasteiger partial charge is 0.464 e. The van der Waals surface area contributed by atoms with Gasteiger partial charge >= 0.3 is 12.0 Å². The number of hydrazine groups is 1. The molecule has 12 heteroatoms. The fourth-order valence-corrected chi connectivity index (χ4v) is 4.62. The number of esters is 1. The van der Waals surface area contributed by atoms with Crippen molar-refractivity contribution >= 4 is 35.3 Å². The zero-order valence-electron chi connectivity index (χ0n) is 19.4. The van der Waals surface area contributed by atoms with Crippen LogP contribution in [0.2, 0.25) is 5.02 Å². The quantitative estimate of drug-likeness (QED) is 0.298. The van der Waals surface area contributed by atoms with Crippen LogP contribution in [0.4, 0.5) is 15.0 Å². The zero-order chi connectivity index (χ0) is 25.9. The summed E-state index contributed by atoms with van der Waals surface area (Å²) in [7, 11) is 0. The number of aryl methyl sites for hydroxylation is 1. The van der Waals surface area contributed by atoms with E-state index in [1.54, 1.807) is 24.4 Å². The summed E-state index contributed by atoms with van der Waals surface area (Å²) in [6.07, 6.45) is 4.33. The monoisotopic (exact) mass is 524 g/mol. The lowest BCUT2D eigenvalue weighted by Crippen LogP contribution is -2.42. The number of carbonyl (C=O) groups excluding carboxylic acids is 3. The summed E-state index contributed by atoms with van der Waals surface area (Å²) < 4.78 is 19.4. The highest BCUT2D eigenvalue weighted by molar-refractivity contribution is 6.33. The molecule has 2 atom stereocenters. The van der Waals surface area contributed by atoms with Crippen molar-refractivity contribution in [3.8, 4) is 0 Å². The molecule has 0 radical (unpaired) electrons. The van der Waals surface area contributed by atoms with E-state index in [4.69, 9.17) is 16.3 Å². The van der Waals surface area contributed by atoms with Gasteiger partial charge in [-0.2, -0.15) is 0 Å². The molecule has 2 aromatic heterocycles. The van der Waals surface area contributed by atoms with Gasteiger partial charge in [0.2, 0.25) is 0 Å². The Labute approximate surface area is 215 Å². The number of hydrogen-bond donors (Lipinski definition) is 4. The van der Waals surface area contributed by atoms with E-state index in [9.17, 15) is 18.8 Å². The summed E-state index contributed by atoms with van der Waals surface area (Å²) in [5.74, 6) is -1.25. The van der Waals surface area contributed by atoms with Crippen LogP contribution in [0.25, 0.3) is 0 Å². The Kier molecular flexibility index (Phi) is 6.87. The fourth-order valence-electron chi connectivity index (χ4n) is 4.40. The van der Waals surface area contributed by atoms with Crippen molar-refractivity contribution in [2.75, 3.05) is 12.0 Å². The van der Waals surface area contributed by atoms with Crippen molar-refractivity contribution in [2.24, 2.45) is 0 Å². The van der Waals surface area contributed by atoms with Gasteiger partial charge in [-0.3, -0.25) is 20.6 Å². The molecule has 3 aromatic rings. The van der Waals surface area contributed by atoms with Gasteiger partial charge in [0.15, 0.2) is 5.82 Å². The summed E-state index contributed by atoms with van der Waals surface area (Å²) in [4.78, 5) is 45.3. The highest BCUT2D eigenvalue weighted by Crippen LogP contribution is 2.32. The Morgan fingerprint density at radius 3 is 2.70 bits per heavy atom. The number of nitrogens with one attached hydrogen (secondary N) is 4. The standard InChI is InChI=1S/C25H22ClFN6O4/c26-17-11-13(23(34)30-20-8-10-37-24(20)35)12-29-22(17)32-33-25(36)31-21-15-3-1-5-18(27)14(15)6-7-19-16(21)4-2-9-28-19/h1-5,9,11-12,20-21H,6-8,10H2,(H,29,32)(H,30,34)(H2,31,33,36)/t20-,21?/m1/s1. The van der Waals surface area contributed by atoms with Gasteiger partial charge < -0.3 is 15.4 Å². The number of benzene rings is 1. The Morgan fingerprint density at radius 1 is 1.08 bits per heavy atom. The molecule has 1 saturated heterocycles. The number of pyridine rings is 2. The second kappa shape index (κ2) is 10.4. The third-order valence-electron chi connectivity index (χ3n) is 6.23. The molecule has 0 spiro atoms. The molecule has 0 bridgehead atoms. The number of cyclic esters (lactones) is 1. The summed E-state index contributed by atoms with van der Waals surface area (Å²) in [5.41, 5.74) is 7.98. The average molecular weight is 525 g/mol. The summed E-state index contributed by atoms with van der Waals surface area (Å²) >= 11 is 6.25. The highest BCUT2D eigenvalue weighted by Gasteiger charge is 2.29. The molecule has 2 aliphatic rings. The Hall–Kier alpha value is -4.25. The first-order valence-corrected chi connectivity index (χ1v) is 11.9. The van der Waals surface area contributed by atoms with Crippen molar-refractivity contribution in [1.29, 1.82) is 0 Å². The number of aromatic nitrogens is 2. The minimum absolute atomic E-state index is 0.0679. The van der Waals surface area contributed by atoms with Crippen LogP contribution in [0.5, 0.6) is 0 Å². The molecule has 1 aliphatic heterocycles. The van der Waals surface area contributed by atoms with Gasteiger partial charge in [-0.15, -0.1) is 0 Å². The zero-order valence-corrected chi connectivity index (χ0v) is 20.1. The lowest BCUT2D eigenvalue weighted by Gasteiger charge is -2.22. The van der Waals surface area contributed by atoms with Crippen molar-refractivity contribution < 1.29 is 23.5 Å². The summed E-state index contributed by atoms with van der Waals surface area (Å²) in [6, 6.07) is 7.82. The van der Waals surface area contributed by atoms with Crippen LogP contribution in [0, 0.1) is 5.82 Å². The van der Waals surface area contributed by atoms with Crippen molar-refractivity contribution in [3.63, 3.8) is 0 Å². The van der Waals surface area contributed by atoms with Crippen LogP contribution in [0.15, 0.2) is 48.8 Å². The first-order valence-electron chi connectivity index (χ1n) is 11.6. The van der Waals surface area contributed by atoms with Gasteiger partial charge in [0, 0.05) is 30.1 Å². The van der Waals surface area contributed by atoms with Crippen molar-refractivity contribution in [2.45, 2.75) is 31.3 Å². The number of hydrogen-bond acceptors (Lipinski definition) is 7.